The van der Waals surface area contributed by atoms with Crippen LogP contribution in [0.4, 0.5) is 0 Å². The SMILES string of the molecule is Cc1ccc(CCc2ccc(C(C)(C)c3ccc(C)cc3)cc2)cc1. The van der Waals surface area contributed by atoms with Crippen LogP contribution in [0.1, 0.15) is 47.2 Å². The minimum Gasteiger partial charge on any atom is -0.0591 e. The van der Waals surface area contributed by atoms with E-state index in [0.717, 1.165) is 12.8 Å². The Morgan fingerprint density at radius 1 is 0.520 bits per heavy atom. The smallest absolute Gasteiger partial charge is 0.0146 e. The lowest BCUT2D eigenvalue weighted by atomic mass is 9.77. The van der Waals surface area contributed by atoms with Crippen LogP contribution in [0.5, 0.6) is 0 Å². The Bertz CT molecular complexity index is 803. The topological polar surface area (TPSA) is 0 Å². The molecule has 0 saturated heterocycles. The van der Waals surface area contributed by atoms with Crippen LogP contribution in [-0.4, -0.2) is 0 Å². The van der Waals surface area contributed by atoms with Gasteiger partial charge in [0, 0.05) is 5.41 Å². The van der Waals surface area contributed by atoms with E-state index in [0.29, 0.717) is 0 Å². The van der Waals surface area contributed by atoms with Crippen molar-refractivity contribution in [2.75, 3.05) is 0 Å². The molecule has 0 atom stereocenters. The number of benzene rings is 3. The van der Waals surface area contributed by atoms with E-state index >= 15 is 0 Å². The fourth-order valence-electron chi connectivity index (χ4n) is 3.27. The zero-order valence-corrected chi connectivity index (χ0v) is 15.8. The summed E-state index contributed by atoms with van der Waals surface area (Å²) in [6.07, 6.45) is 2.19. The minimum absolute atomic E-state index is 0.0309. The third kappa shape index (κ3) is 4.20. The van der Waals surface area contributed by atoms with E-state index in [-0.39, 0.29) is 5.41 Å². The average molecular weight is 328 g/mol. The zero-order chi connectivity index (χ0) is 17.9. The summed E-state index contributed by atoms with van der Waals surface area (Å²) < 4.78 is 0. The summed E-state index contributed by atoms with van der Waals surface area (Å²) in [5.74, 6) is 0. The van der Waals surface area contributed by atoms with Gasteiger partial charge in [0.1, 0.15) is 0 Å². The Morgan fingerprint density at radius 2 is 0.840 bits per heavy atom. The summed E-state index contributed by atoms with van der Waals surface area (Å²) >= 11 is 0. The molecule has 0 radical (unpaired) electrons. The molecule has 0 heteroatoms. The van der Waals surface area contributed by atoms with Gasteiger partial charge in [-0.05, 0) is 48.9 Å². The molecule has 0 aliphatic carbocycles. The Kier molecular flexibility index (Phi) is 5.08. The number of hydrogen-bond acceptors (Lipinski definition) is 0. The van der Waals surface area contributed by atoms with Gasteiger partial charge >= 0.3 is 0 Å². The molecular weight excluding hydrogens is 300 g/mol. The van der Waals surface area contributed by atoms with Crippen LogP contribution >= 0.6 is 0 Å². The van der Waals surface area contributed by atoms with E-state index in [9.17, 15) is 0 Å². The maximum atomic E-state index is 2.30. The van der Waals surface area contributed by atoms with Crippen LogP contribution < -0.4 is 0 Å². The second-order valence-corrected chi connectivity index (χ2v) is 7.67. The molecule has 0 spiro atoms. The summed E-state index contributed by atoms with van der Waals surface area (Å²) in [5.41, 5.74) is 8.22. The predicted octanol–water partition coefficient (Wildman–Crippen LogP) is 6.41. The summed E-state index contributed by atoms with van der Waals surface area (Å²) in [6, 6.07) is 27.0. The highest BCUT2D eigenvalue weighted by Gasteiger charge is 2.22. The van der Waals surface area contributed by atoms with Crippen molar-refractivity contribution in [2.45, 2.75) is 46.0 Å². The van der Waals surface area contributed by atoms with E-state index < -0.39 is 0 Å². The zero-order valence-electron chi connectivity index (χ0n) is 15.8. The van der Waals surface area contributed by atoms with Gasteiger partial charge < -0.3 is 0 Å². The van der Waals surface area contributed by atoms with Gasteiger partial charge in [-0.1, -0.05) is 97.8 Å². The summed E-state index contributed by atoms with van der Waals surface area (Å²) in [6.45, 7) is 8.88. The van der Waals surface area contributed by atoms with E-state index in [1.54, 1.807) is 0 Å². The molecular formula is C25H28. The first-order chi connectivity index (χ1) is 11.9. The second-order valence-electron chi connectivity index (χ2n) is 7.67. The first-order valence-electron chi connectivity index (χ1n) is 9.17. The van der Waals surface area contributed by atoms with E-state index in [1.807, 2.05) is 0 Å². The van der Waals surface area contributed by atoms with Crippen molar-refractivity contribution < 1.29 is 0 Å². The van der Waals surface area contributed by atoms with Gasteiger partial charge in [0.15, 0.2) is 0 Å². The van der Waals surface area contributed by atoms with Crippen molar-refractivity contribution in [3.05, 3.63) is 106 Å². The third-order valence-corrected chi connectivity index (χ3v) is 5.27. The molecule has 0 fully saturated rings. The highest BCUT2D eigenvalue weighted by Crippen LogP contribution is 2.31. The Hall–Kier alpha value is -2.34. The van der Waals surface area contributed by atoms with Gasteiger partial charge in [0.25, 0.3) is 0 Å². The van der Waals surface area contributed by atoms with Gasteiger partial charge in [-0.15, -0.1) is 0 Å². The highest BCUT2D eigenvalue weighted by atomic mass is 14.3. The molecule has 0 aromatic heterocycles. The van der Waals surface area contributed by atoms with Crippen molar-refractivity contribution in [1.29, 1.82) is 0 Å². The minimum atomic E-state index is 0.0309. The van der Waals surface area contributed by atoms with Crippen LogP contribution in [0.25, 0.3) is 0 Å². The van der Waals surface area contributed by atoms with Crippen molar-refractivity contribution >= 4 is 0 Å². The van der Waals surface area contributed by atoms with Gasteiger partial charge in [-0.25, -0.2) is 0 Å². The van der Waals surface area contributed by atoms with Crippen molar-refractivity contribution in [1.82, 2.24) is 0 Å². The molecule has 0 nitrogen and oxygen atoms in total. The Morgan fingerprint density at radius 3 is 1.28 bits per heavy atom. The average Bonchev–Trinajstić information content (AvgIpc) is 2.62. The molecule has 0 N–H and O–H groups in total. The maximum Gasteiger partial charge on any atom is 0.0146 e. The van der Waals surface area contributed by atoms with Crippen LogP contribution in [0.3, 0.4) is 0 Å². The highest BCUT2D eigenvalue weighted by molar-refractivity contribution is 5.39. The summed E-state index contributed by atoms with van der Waals surface area (Å²) in [7, 11) is 0. The van der Waals surface area contributed by atoms with Crippen LogP contribution in [0, 0.1) is 13.8 Å². The quantitative estimate of drug-likeness (QED) is 0.507. The molecule has 3 aromatic rings. The largest absolute Gasteiger partial charge is 0.0591 e. The molecule has 0 amide bonds. The van der Waals surface area contributed by atoms with Gasteiger partial charge in [0.05, 0.1) is 0 Å². The molecule has 0 aliphatic heterocycles. The van der Waals surface area contributed by atoms with E-state index in [4.69, 9.17) is 0 Å². The lowest BCUT2D eigenvalue weighted by Crippen LogP contribution is -2.18. The lowest BCUT2D eigenvalue weighted by molar-refractivity contribution is 0.640. The predicted molar refractivity (Wildman–Crippen MR) is 108 cm³/mol. The van der Waals surface area contributed by atoms with Crippen LogP contribution in [0.2, 0.25) is 0 Å². The molecule has 0 saturated carbocycles. The first-order valence-corrected chi connectivity index (χ1v) is 9.17. The van der Waals surface area contributed by atoms with E-state index in [1.165, 1.54) is 33.4 Å². The monoisotopic (exact) mass is 328 g/mol. The molecule has 3 aromatic carbocycles. The molecule has 0 heterocycles. The van der Waals surface area contributed by atoms with Crippen molar-refractivity contribution in [3.8, 4) is 0 Å². The molecule has 3 rings (SSSR count). The third-order valence-electron chi connectivity index (χ3n) is 5.27. The Balaban J connectivity index is 1.70. The molecule has 0 unspecified atom stereocenters. The number of aryl methyl sites for hydroxylation is 4. The lowest BCUT2D eigenvalue weighted by Gasteiger charge is -2.26. The maximum absolute atomic E-state index is 2.30. The first kappa shape index (κ1) is 17.5. The number of rotatable bonds is 5. The van der Waals surface area contributed by atoms with Gasteiger partial charge in [-0.2, -0.15) is 0 Å². The standard InChI is InChI=1S/C25H28/c1-19-5-9-21(10-6-19)11-12-22-13-17-24(18-14-22)25(3,4)23-15-7-20(2)8-16-23/h5-10,13-18H,11-12H2,1-4H3. The molecule has 0 aliphatic rings. The fraction of sp³-hybridized carbons (Fsp3) is 0.280. The number of hydrogen-bond donors (Lipinski definition) is 0. The molecule has 25 heavy (non-hydrogen) atoms. The Labute approximate surface area is 152 Å². The second kappa shape index (κ2) is 7.27. The van der Waals surface area contributed by atoms with Gasteiger partial charge in [-0.3, -0.25) is 0 Å². The van der Waals surface area contributed by atoms with Crippen LogP contribution in [0.15, 0.2) is 72.8 Å². The van der Waals surface area contributed by atoms with Crippen molar-refractivity contribution in [2.24, 2.45) is 0 Å². The van der Waals surface area contributed by atoms with Crippen LogP contribution in [-0.2, 0) is 18.3 Å². The molecule has 0 bridgehead atoms. The van der Waals surface area contributed by atoms with Crippen molar-refractivity contribution in [3.63, 3.8) is 0 Å². The van der Waals surface area contributed by atoms with Gasteiger partial charge in [0.2, 0.25) is 0 Å². The summed E-state index contributed by atoms with van der Waals surface area (Å²) in [4.78, 5) is 0. The van der Waals surface area contributed by atoms with E-state index in [2.05, 4.69) is 100 Å². The summed E-state index contributed by atoms with van der Waals surface area (Å²) in [5, 5.41) is 0. The fourth-order valence-corrected chi connectivity index (χ4v) is 3.27. The molecule has 128 valence electrons. The normalized spacial score (nSPS) is 11.5.